The van der Waals surface area contributed by atoms with Crippen LogP contribution in [-0.4, -0.2) is 12.5 Å². The predicted octanol–water partition coefficient (Wildman–Crippen LogP) is 3.77. The number of nitrogens with two attached hydrogens (primary N) is 1. The molecule has 1 amide bonds. The van der Waals surface area contributed by atoms with Crippen LogP contribution in [0.3, 0.4) is 0 Å². The van der Waals surface area contributed by atoms with Gasteiger partial charge < -0.3 is 15.8 Å². The molecule has 25 heavy (non-hydrogen) atoms. The zero-order valence-electron chi connectivity index (χ0n) is 15.0. The van der Waals surface area contributed by atoms with Gasteiger partial charge in [0.25, 0.3) is 0 Å². The van der Waals surface area contributed by atoms with Crippen LogP contribution in [0.1, 0.15) is 36.6 Å². The van der Waals surface area contributed by atoms with Crippen LogP contribution in [-0.2, 0) is 11.3 Å². The SMILES string of the molecule is Cc1ccc(C(N)C(=O)NCc2ccccc2OCC(C)C)cc1.Cl. The summed E-state index contributed by atoms with van der Waals surface area (Å²) in [4.78, 5) is 12.3. The molecule has 1 unspecified atom stereocenters. The van der Waals surface area contributed by atoms with Gasteiger partial charge in [0.1, 0.15) is 11.8 Å². The van der Waals surface area contributed by atoms with Crippen molar-refractivity contribution >= 4 is 18.3 Å². The van der Waals surface area contributed by atoms with E-state index < -0.39 is 6.04 Å². The smallest absolute Gasteiger partial charge is 0.241 e. The molecule has 0 fully saturated rings. The number of amides is 1. The Hall–Kier alpha value is -2.04. The molecule has 0 aromatic heterocycles. The van der Waals surface area contributed by atoms with Gasteiger partial charge in [-0.1, -0.05) is 61.9 Å². The van der Waals surface area contributed by atoms with E-state index in [1.54, 1.807) is 0 Å². The van der Waals surface area contributed by atoms with E-state index in [-0.39, 0.29) is 18.3 Å². The Kier molecular flexibility index (Phi) is 8.46. The van der Waals surface area contributed by atoms with Crippen LogP contribution in [0.15, 0.2) is 48.5 Å². The van der Waals surface area contributed by atoms with Gasteiger partial charge in [-0.3, -0.25) is 4.79 Å². The zero-order valence-corrected chi connectivity index (χ0v) is 15.8. The summed E-state index contributed by atoms with van der Waals surface area (Å²) < 4.78 is 5.81. The van der Waals surface area contributed by atoms with Gasteiger partial charge in [-0.2, -0.15) is 0 Å². The summed E-state index contributed by atoms with van der Waals surface area (Å²) in [6, 6.07) is 14.8. The van der Waals surface area contributed by atoms with Gasteiger partial charge in [0.05, 0.1) is 6.61 Å². The highest BCUT2D eigenvalue weighted by Crippen LogP contribution is 2.19. The van der Waals surface area contributed by atoms with Crippen LogP contribution < -0.4 is 15.8 Å². The molecule has 0 radical (unpaired) electrons. The number of hydrogen-bond acceptors (Lipinski definition) is 3. The normalized spacial score (nSPS) is 11.6. The lowest BCUT2D eigenvalue weighted by molar-refractivity contribution is -0.122. The zero-order chi connectivity index (χ0) is 17.5. The maximum Gasteiger partial charge on any atom is 0.241 e. The monoisotopic (exact) mass is 362 g/mol. The minimum atomic E-state index is -0.672. The summed E-state index contributed by atoms with van der Waals surface area (Å²) in [5.74, 6) is 1.05. The number of ether oxygens (including phenoxy) is 1. The number of nitrogens with one attached hydrogen (secondary N) is 1. The highest BCUT2D eigenvalue weighted by Gasteiger charge is 2.16. The first-order valence-corrected chi connectivity index (χ1v) is 8.28. The highest BCUT2D eigenvalue weighted by molar-refractivity contribution is 5.85. The molecule has 0 saturated carbocycles. The van der Waals surface area contributed by atoms with Gasteiger partial charge in [0, 0.05) is 12.1 Å². The minimum Gasteiger partial charge on any atom is -0.493 e. The van der Waals surface area contributed by atoms with Crippen molar-refractivity contribution < 1.29 is 9.53 Å². The molecule has 2 aromatic rings. The average molecular weight is 363 g/mol. The highest BCUT2D eigenvalue weighted by atomic mass is 35.5. The van der Waals surface area contributed by atoms with E-state index in [1.165, 1.54) is 0 Å². The number of carbonyl (C=O) groups excluding carboxylic acids is 1. The molecule has 0 aliphatic heterocycles. The molecular formula is C20H27ClN2O2. The van der Waals surface area contributed by atoms with Crippen LogP contribution in [0, 0.1) is 12.8 Å². The van der Waals surface area contributed by atoms with Crippen LogP contribution in [0.5, 0.6) is 5.75 Å². The topological polar surface area (TPSA) is 64.4 Å². The number of benzene rings is 2. The van der Waals surface area contributed by atoms with Crippen molar-refractivity contribution in [2.75, 3.05) is 6.61 Å². The fraction of sp³-hybridized carbons (Fsp3) is 0.350. The molecule has 5 heteroatoms. The van der Waals surface area contributed by atoms with E-state index in [0.29, 0.717) is 19.1 Å². The molecule has 4 nitrogen and oxygen atoms in total. The van der Waals surface area contributed by atoms with Crippen LogP contribution >= 0.6 is 12.4 Å². The van der Waals surface area contributed by atoms with Gasteiger partial charge in [0.2, 0.25) is 5.91 Å². The van der Waals surface area contributed by atoms with E-state index in [0.717, 1.165) is 22.4 Å². The number of hydrogen-bond donors (Lipinski definition) is 2. The summed E-state index contributed by atoms with van der Waals surface area (Å²) >= 11 is 0. The standard InChI is InChI=1S/C20H26N2O2.ClH/c1-14(2)13-24-18-7-5-4-6-17(18)12-22-20(23)19(21)16-10-8-15(3)9-11-16;/h4-11,14,19H,12-13,21H2,1-3H3,(H,22,23);1H. The lowest BCUT2D eigenvalue weighted by atomic mass is 10.1. The molecule has 0 aliphatic rings. The molecule has 2 rings (SSSR count). The third-order valence-electron chi connectivity index (χ3n) is 3.72. The molecule has 0 spiro atoms. The molecule has 0 aliphatic carbocycles. The quantitative estimate of drug-likeness (QED) is 0.788. The third kappa shape index (κ3) is 6.40. The third-order valence-corrected chi connectivity index (χ3v) is 3.72. The number of carbonyl (C=O) groups is 1. The van der Waals surface area contributed by atoms with E-state index in [9.17, 15) is 4.79 Å². The van der Waals surface area contributed by atoms with E-state index in [4.69, 9.17) is 10.5 Å². The van der Waals surface area contributed by atoms with Gasteiger partial charge >= 0.3 is 0 Å². The maximum absolute atomic E-state index is 12.3. The van der Waals surface area contributed by atoms with Crippen molar-refractivity contribution in [3.05, 3.63) is 65.2 Å². The first-order chi connectivity index (χ1) is 11.5. The Morgan fingerprint density at radius 2 is 1.76 bits per heavy atom. The molecule has 0 heterocycles. The molecule has 136 valence electrons. The molecule has 0 saturated heterocycles. The molecular weight excluding hydrogens is 336 g/mol. The minimum absolute atomic E-state index is 0. The van der Waals surface area contributed by atoms with Crippen molar-refractivity contribution in [3.8, 4) is 5.75 Å². The fourth-order valence-corrected chi connectivity index (χ4v) is 2.26. The first-order valence-electron chi connectivity index (χ1n) is 8.28. The molecule has 0 bridgehead atoms. The number of aryl methyl sites for hydroxylation is 1. The summed E-state index contributed by atoms with van der Waals surface area (Å²) in [7, 11) is 0. The lowest BCUT2D eigenvalue weighted by Crippen LogP contribution is -2.33. The summed E-state index contributed by atoms with van der Waals surface area (Å²) in [5, 5.41) is 2.90. The van der Waals surface area contributed by atoms with Gasteiger partial charge in [0.15, 0.2) is 0 Å². The van der Waals surface area contributed by atoms with Gasteiger partial charge in [-0.05, 0) is 24.5 Å². The van der Waals surface area contributed by atoms with Gasteiger partial charge in [-0.15, -0.1) is 12.4 Å². The van der Waals surface area contributed by atoms with Crippen molar-refractivity contribution in [3.63, 3.8) is 0 Å². The average Bonchev–Trinajstić information content (AvgIpc) is 2.58. The van der Waals surface area contributed by atoms with E-state index in [2.05, 4.69) is 19.2 Å². The largest absolute Gasteiger partial charge is 0.493 e. The van der Waals surface area contributed by atoms with E-state index >= 15 is 0 Å². The maximum atomic E-state index is 12.3. The first kappa shape index (κ1) is 21.0. The molecule has 1 atom stereocenters. The lowest BCUT2D eigenvalue weighted by Gasteiger charge is -2.16. The van der Waals surface area contributed by atoms with Crippen molar-refractivity contribution in [2.45, 2.75) is 33.4 Å². The van der Waals surface area contributed by atoms with Crippen molar-refractivity contribution in [2.24, 2.45) is 11.7 Å². The van der Waals surface area contributed by atoms with E-state index in [1.807, 2.05) is 55.5 Å². The fourth-order valence-electron chi connectivity index (χ4n) is 2.26. The molecule has 2 aromatic carbocycles. The second-order valence-electron chi connectivity index (χ2n) is 6.42. The second kappa shape index (κ2) is 10.1. The summed E-state index contributed by atoms with van der Waals surface area (Å²) in [5.41, 5.74) is 8.94. The van der Waals surface area contributed by atoms with Crippen molar-refractivity contribution in [1.82, 2.24) is 5.32 Å². The Morgan fingerprint density at radius 3 is 2.40 bits per heavy atom. The van der Waals surface area contributed by atoms with Crippen molar-refractivity contribution in [1.29, 1.82) is 0 Å². The summed E-state index contributed by atoms with van der Waals surface area (Å²) in [6.45, 7) is 7.25. The Balaban J connectivity index is 0.00000312. The number of rotatable bonds is 7. The van der Waals surface area contributed by atoms with Crippen LogP contribution in [0.25, 0.3) is 0 Å². The Labute approximate surface area is 156 Å². The number of halogens is 1. The van der Waals surface area contributed by atoms with Crippen LogP contribution in [0.4, 0.5) is 0 Å². The predicted molar refractivity (Wildman–Crippen MR) is 104 cm³/mol. The summed E-state index contributed by atoms with van der Waals surface area (Å²) in [6.07, 6.45) is 0. The Bertz CT molecular complexity index is 672. The Morgan fingerprint density at radius 1 is 1.12 bits per heavy atom. The number of para-hydroxylation sites is 1. The second-order valence-corrected chi connectivity index (χ2v) is 6.42. The van der Waals surface area contributed by atoms with Crippen LogP contribution in [0.2, 0.25) is 0 Å². The molecule has 3 N–H and O–H groups in total. The van der Waals surface area contributed by atoms with Gasteiger partial charge in [-0.25, -0.2) is 0 Å².